The Morgan fingerprint density at radius 2 is 2.38 bits per heavy atom. The van der Waals surface area contributed by atoms with Gasteiger partial charge < -0.3 is 16.0 Å². The molecular weight excluding hydrogens is 218 g/mol. The second-order valence-corrected chi connectivity index (χ2v) is 4.92. The summed E-state index contributed by atoms with van der Waals surface area (Å²) in [5, 5.41) is 3.43. The van der Waals surface area contributed by atoms with E-state index in [1.54, 1.807) is 0 Å². The molecule has 16 heavy (non-hydrogen) atoms. The number of rotatable bonds is 2. The molecule has 88 valence electrons. The minimum atomic E-state index is 0.574. The number of thiol groups is 1. The highest BCUT2D eigenvalue weighted by molar-refractivity contribution is 7.80. The number of nitrogens with zero attached hydrogens (tertiary/aromatic N) is 1. The van der Waals surface area contributed by atoms with Crippen LogP contribution in [-0.4, -0.2) is 37.6 Å². The summed E-state index contributed by atoms with van der Waals surface area (Å²) in [6.07, 6.45) is 1.05. The Kier molecular flexibility index (Phi) is 3.74. The van der Waals surface area contributed by atoms with Crippen LogP contribution in [-0.2, 0) is 6.42 Å². The number of hydrogen-bond donors (Lipinski definition) is 3. The predicted molar refractivity (Wildman–Crippen MR) is 71.1 cm³/mol. The van der Waals surface area contributed by atoms with E-state index in [2.05, 4.69) is 42.0 Å². The molecule has 1 aromatic rings. The molecular formula is C12H19N3S. The Morgan fingerprint density at radius 1 is 1.56 bits per heavy atom. The summed E-state index contributed by atoms with van der Waals surface area (Å²) in [6, 6.07) is 6.68. The fraction of sp³-hybridized carbons (Fsp3) is 0.500. The summed E-state index contributed by atoms with van der Waals surface area (Å²) in [5.41, 5.74) is 7.81. The second kappa shape index (κ2) is 5.08. The van der Waals surface area contributed by atoms with Crippen molar-refractivity contribution >= 4 is 18.3 Å². The van der Waals surface area contributed by atoms with E-state index < -0.39 is 0 Å². The molecule has 3 nitrogen and oxygen atoms in total. The standard InChI is InChI=1S/C12H19N3S/c1-15-5-4-14-8-10(15)6-9-2-3-11(13)12(16)7-9/h2-3,7,10,14,16H,4-6,8,13H2,1H3. The van der Waals surface area contributed by atoms with Gasteiger partial charge in [-0.15, -0.1) is 12.6 Å². The quantitative estimate of drug-likeness (QED) is 0.531. The molecule has 2 rings (SSSR count). The first kappa shape index (κ1) is 11.8. The van der Waals surface area contributed by atoms with Crippen LogP contribution in [0.1, 0.15) is 5.56 Å². The van der Waals surface area contributed by atoms with E-state index in [1.807, 2.05) is 6.07 Å². The van der Waals surface area contributed by atoms with Gasteiger partial charge in [-0.25, -0.2) is 0 Å². The van der Waals surface area contributed by atoms with Crippen LogP contribution in [0.3, 0.4) is 0 Å². The molecule has 1 aliphatic rings. The van der Waals surface area contributed by atoms with Crippen LogP contribution < -0.4 is 11.1 Å². The molecule has 1 atom stereocenters. The molecule has 4 heteroatoms. The van der Waals surface area contributed by atoms with E-state index in [0.717, 1.165) is 36.6 Å². The number of likely N-dealkylation sites (N-methyl/N-ethyl adjacent to an activating group) is 1. The molecule has 0 aromatic heterocycles. The highest BCUT2D eigenvalue weighted by Gasteiger charge is 2.18. The average Bonchev–Trinajstić information content (AvgIpc) is 2.27. The molecule has 1 saturated heterocycles. The summed E-state index contributed by atoms with van der Waals surface area (Å²) in [4.78, 5) is 3.29. The maximum atomic E-state index is 5.75. The first-order valence-electron chi connectivity index (χ1n) is 5.65. The van der Waals surface area contributed by atoms with Crippen molar-refractivity contribution in [2.45, 2.75) is 17.4 Å². The van der Waals surface area contributed by atoms with Crippen molar-refractivity contribution in [1.29, 1.82) is 0 Å². The molecule has 1 aliphatic heterocycles. The van der Waals surface area contributed by atoms with Crippen molar-refractivity contribution in [2.24, 2.45) is 0 Å². The lowest BCUT2D eigenvalue weighted by molar-refractivity contribution is 0.199. The third-order valence-corrected chi connectivity index (χ3v) is 3.60. The molecule has 1 aromatic carbocycles. The largest absolute Gasteiger partial charge is 0.398 e. The van der Waals surface area contributed by atoms with Gasteiger partial charge in [0.05, 0.1) is 0 Å². The van der Waals surface area contributed by atoms with Gasteiger partial charge in [0, 0.05) is 36.3 Å². The molecule has 0 spiro atoms. The number of nitrogens with two attached hydrogens (primary N) is 1. The van der Waals surface area contributed by atoms with Crippen molar-refractivity contribution in [3.63, 3.8) is 0 Å². The molecule has 1 heterocycles. The monoisotopic (exact) mass is 237 g/mol. The molecule has 0 bridgehead atoms. The van der Waals surface area contributed by atoms with Gasteiger partial charge in [0.15, 0.2) is 0 Å². The molecule has 0 saturated carbocycles. The van der Waals surface area contributed by atoms with Gasteiger partial charge in [-0.3, -0.25) is 0 Å². The summed E-state index contributed by atoms with van der Waals surface area (Å²) in [7, 11) is 2.18. The zero-order chi connectivity index (χ0) is 11.5. The topological polar surface area (TPSA) is 41.3 Å². The summed E-state index contributed by atoms with van der Waals surface area (Å²) >= 11 is 4.35. The second-order valence-electron chi connectivity index (χ2n) is 4.44. The van der Waals surface area contributed by atoms with E-state index in [9.17, 15) is 0 Å². The Balaban J connectivity index is 2.05. The highest BCUT2D eigenvalue weighted by atomic mass is 32.1. The third kappa shape index (κ3) is 2.70. The van der Waals surface area contributed by atoms with Crippen molar-refractivity contribution in [3.8, 4) is 0 Å². The number of nitrogens with one attached hydrogen (secondary N) is 1. The van der Waals surface area contributed by atoms with Crippen molar-refractivity contribution in [2.75, 3.05) is 32.4 Å². The van der Waals surface area contributed by atoms with Crippen LogP contribution in [0.4, 0.5) is 5.69 Å². The Morgan fingerprint density at radius 3 is 3.06 bits per heavy atom. The maximum Gasteiger partial charge on any atom is 0.0449 e. The van der Waals surface area contributed by atoms with Gasteiger partial charge in [0.1, 0.15) is 0 Å². The van der Waals surface area contributed by atoms with Crippen molar-refractivity contribution in [3.05, 3.63) is 23.8 Å². The predicted octanol–water partition coefficient (Wildman–Crippen LogP) is 1.00. The van der Waals surface area contributed by atoms with E-state index in [4.69, 9.17) is 5.73 Å². The average molecular weight is 237 g/mol. The smallest absolute Gasteiger partial charge is 0.0449 e. The minimum absolute atomic E-state index is 0.574. The van der Waals surface area contributed by atoms with Gasteiger partial charge in [0.2, 0.25) is 0 Å². The van der Waals surface area contributed by atoms with E-state index in [-0.39, 0.29) is 0 Å². The number of anilines is 1. The van der Waals surface area contributed by atoms with E-state index >= 15 is 0 Å². The Hall–Kier alpha value is -0.710. The van der Waals surface area contributed by atoms with Crippen LogP contribution in [0.5, 0.6) is 0 Å². The van der Waals surface area contributed by atoms with Gasteiger partial charge in [-0.1, -0.05) is 6.07 Å². The number of hydrogen-bond acceptors (Lipinski definition) is 4. The lowest BCUT2D eigenvalue weighted by Gasteiger charge is -2.33. The number of benzene rings is 1. The fourth-order valence-corrected chi connectivity index (χ4v) is 2.32. The minimum Gasteiger partial charge on any atom is -0.398 e. The Labute approximate surface area is 102 Å². The lowest BCUT2D eigenvalue weighted by atomic mass is 10.0. The van der Waals surface area contributed by atoms with E-state index in [0.29, 0.717) is 6.04 Å². The van der Waals surface area contributed by atoms with Crippen molar-refractivity contribution in [1.82, 2.24) is 10.2 Å². The van der Waals surface area contributed by atoms with Crippen LogP contribution >= 0.6 is 12.6 Å². The summed E-state index contributed by atoms with van der Waals surface area (Å²) in [5.74, 6) is 0. The third-order valence-electron chi connectivity index (χ3n) is 3.21. The van der Waals surface area contributed by atoms with Crippen LogP contribution in [0, 0.1) is 0 Å². The molecule has 0 radical (unpaired) electrons. The molecule has 1 fully saturated rings. The van der Waals surface area contributed by atoms with Crippen LogP contribution in [0.25, 0.3) is 0 Å². The van der Waals surface area contributed by atoms with Crippen LogP contribution in [0.15, 0.2) is 23.1 Å². The molecule has 1 unspecified atom stereocenters. The number of piperazine rings is 1. The van der Waals surface area contributed by atoms with Crippen molar-refractivity contribution < 1.29 is 0 Å². The maximum absolute atomic E-state index is 5.75. The lowest BCUT2D eigenvalue weighted by Crippen LogP contribution is -2.50. The van der Waals surface area contributed by atoms with Gasteiger partial charge >= 0.3 is 0 Å². The van der Waals surface area contributed by atoms with Gasteiger partial charge in [-0.2, -0.15) is 0 Å². The first-order valence-corrected chi connectivity index (χ1v) is 6.10. The van der Waals surface area contributed by atoms with E-state index in [1.165, 1.54) is 5.56 Å². The highest BCUT2D eigenvalue weighted by Crippen LogP contribution is 2.19. The van der Waals surface area contributed by atoms with Gasteiger partial charge in [0.25, 0.3) is 0 Å². The molecule has 3 N–H and O–H groups in total. The zero-order valence-electron chi connectivity index (χ0n) is 9.61. The summed E-state index contributed by atoms with van der Waals surface area (Å²) in [6.45, 7) is 3.27. The molecule has 0 aliphatic carbocycles. The fourth-order valence-electron chi connectivity index (χ4n) is 2.08. The first-order chi connectivity index (χ1) is 7.66. The number of nitrogen functional groups attached to an aromatic ring is 1. The van der Waals surface area contributed by atoms with Gasteiger partial charge in [-0.05, 0) is 31.2 Å². The van der Waals surface area contributed by atoms with Crippen LogP contribution in [0.2, 0.25) is 0 Å². The normalized spacial score (nSPS) is 22.2. The summed E-state index contributed by atoms with van der Waals surface area (Å²) < 4.78 is 0. The SMILES string of the molecule is CN1CCNCC1Cc1ccc(N)c(S)c1. The Bertz CT molecular complexity index is 367. The zero-order valence-corrected chi connectivity index (χ0v) is 10.5. The molecule has 0 amide bonds.